The van der Waals surface area contributed by atoms with Crippen molar-refractivity contribution in [2.24, 2.45) is 5.92 Å². The quantitative estimate of drug-likeness (QED) is 0.476. The molecule has 0 heterocycles. The van der Waals surface area contributed by atoms with E-state index in [1.54, 1.807) is 0 Å². The molecule has 2 nitrogen and oxygen atoms in total. The Morgan fingerprint density at radius 2 is 1.58 bits per heavy atom. The molecule has 0 rings (SSSR count). The molecular formula is C10H16O2. The summed E-state index contributed by atoms with van der Waals surface area (Å²) < 4.78 is 0. The Hall–Kier alpha value is -0.920. The summed E-state index contributed by atoms with van der Waals surface area (Å²) in [7, 11) is 0. The van der Waals surface area contributed by atoms with Gasteiger partial charge in [0.1, 0.15) is 11.6 Å². The first kappa shape index (κ1) is 11.1. The zero-order valence-electron chi connectivity index (χ0n) is 8.18. The summed E-state index contributed by atoms with van der Waals surface area (Å²) in [6.45, 7) is 6.77. The maximum Gasteiger partial charge on any atom is 0.140 e. The van der Waals surface area contributed by atoms with Crippen molar-refractivity contribution in [1.29, 1.82) is 0 Å². The van der Waals surface area contributed by atoms with Gasteiger partial charge in [-0.2, -0.15) is 0 Å². The predicted molar refractivity (Wildman–Crippen MR) is 48.9 cm³/mol. The van der Waals surface area contributed by atoms with Gasteiger partial charge >= 0.3 is 0 Å². The molecule has 0 N–H and O–H groups in total. The normalized spacial score (nSPS) is 11.9. The van der Waals surface area contributed by atoms with Gasteiger partial charge in [0.15, 0.2) is 0 Å². The molecule has 0 aromatic carbocycles. The van der Waals surface area contributed by atoms with E-state index in [9.17, 15) is 9.59 Å². The maximum absolute atomic E-state index is 11.0. The standard InChI is InChI=1S/C10H16O2/c1-5-7(2)6-10(8(3)11)9(4)12/h5,10H,6H2,1-4H3. The number of hydrogen-bond donors (Lipinski definition) is 0. The lowest BCUT2D eigenvalue weighted by Gasteiger charge is -2.09. The lowest BCUT2D eigenvalue weighted by atomic mass is 9.93. The van der Waals surface area contributed by atoms with Crippen LogP contribution in [0.25, 0.3) is 0 Å². The van der Waals surface area contributed by atoms with Gasteiger partial charge in [-0.15, -0.1) is 0 Å². The van der Waals surface area contributed by atoms with Crippen LogP contribution in [0.3, 0.4) is 0 Å². The maximum atomic E-state index is 11.0. The fourth-order valence-corrected chi connectivity index (χ4v) is 1.01. The van der Waals surface area contributed by atoms with E-state index in [2.05, 4.69) is 0 Å². The molecular weight excluding hydrogens is 152 g/mol. The van der Waals surface area contributed by atoms with Crippen LogP contribution in [0.15, 0.2) is 11.6 Å². The van der Waals surface area contributed by atoms with Gasteiger partial charge in [-0.05, 0) is 34.1 Å². The summed E-state index contributed by atoms with van der Waals surface area (Å²) in [6.07, 6.45) is 2.50. The van der Waals surface area contributed by atoms with Crippen molar-refractivity contribution >= 4 is 11.6 Å². The molecule has 0 bridgehead atoms. The van der Waals surface area contributed by atoms with Crippen LogP contribution < -0.4 is 0 Å². The van der Waals surface area contributed by atoms with Crippen LogP contribution in [0.4, 0.5) is 0 Å². The largest absolute Gasteiger partial charge is 0.299 e. The highest BCUT2D eigenvalue weighted by Crippen LogP contribution is 2.13. The molecule has 68 valence electrons. The van der Waals surface area contributed by atoms with Crippen molar-refractivity contribution in [2.45, 2.75) is 34.1 Å². The highest BCUT2D eigenvalue weighted by molar-refractivity contribution is 6.00. The Morgan fingerprint density at radius 3 is 1.83 bits per heavy atom. The third-order valence-corrected chi connectivity index (χ3v) is 2.00. The Labute approximate surface area is 73.7 Å². The predicted octanol–water partition coefficient (Wildman–Crippen LogP) is 2.14. The van der Waals surface area contributed by atoms with Crippen molar-refractivity contribution in [1.82, 2.24) is 0 Å². The minimum Gasteiger partial charge on any atom is -0.299 e. The number of carbonyl (C=O) groups excluding carboxylic acids is 2. The summed E-state index contributed by atoms with van der Waals surface area (Å²) in [6, 6.07) is 0. The van der Waals surface area contributed by atoms with Crippen molar-refractivity contribution < 1.29 is 9.59 Å². The third kappa shape index (κ3) is 3.46. The molecule has 0 aliphatic rings. The van der Waals surface area contributed by atoms with E-state index in [-0.39, 0.29) is 11.6 Å². The van der Waals surface area contributed by atoms with E-state index in [1.165, 1.54) is 13.8 Å². The van der Waals surface area contributed by atoms with Gasteiger partial charge in [-0.1, -0.05) is 11.6 Å². The number of Topliss-reactive ketones (excluding diaryl/α,β-unsaturated/α-hetero) is 2. The lowest BCUT2D eigenvalue weighted by Crippen LogP contribution is -2.19. The van der Waals surface area contributed by atoms with E-state index >= 15 is 0 Å². The summed E-state index contributed by atoms with van der Waals surface area (Å²) in [5, 5.41) is 0. The lowest BCUT2D eigenvalue weighted by molar-refractivity contribution is -0.130. The Bertz CT molecular complexity index is 200. The van der Waals surface area contributed by atoms with Crippen LogP contribution in [0.2, 0.25) is 0 Å². The van der Waals surface area contributed by atoms with Gasteiger partial charge in [0.2, 0.25) is 0 Å². The zero-order chi connectivity index (χ0) is 9.72. The fraction of sp³-hybridized carbons (Fsp3) is 0.600. The van der Waals surface area contributed by atoms with E-state index < -0.39 is 5.92 Å². The highest BCUT2D eigenvalue weighted by atomic mass is 16.1. The molecule has 0 saturated carbocycles. The number of allylic oxidation sites excluding steroid dienone is 2. The van der Waals surface area contributed by atoms with Crippen LogP contribution in [-0.4, -0.2) is 11.6 Å². The topological polar surface area (TPSA) is 34.1 Å². The Kier molecular flexibility index (Phi) is 4.49. The van der Waals surface area contributed by atoms with Crippen LogP contribution in [0.1, 0.15) is 34.1 Å². The molecule has 0 radical (unpaired) electrons. The summed E-state index contributed by atoms with van der Waals surface area (Å²) in [5.74, 6) is -0.506. The monoisotopic (exact) mass is 168 g/mol. The van der Waals surface area contributed by atoms with Crippen molar-refractivity contribution in [3.8, 4) is 0 Å². The second-order valence-corrected chi connectivity index (χ2v) is 3.11. The molecule has 12 heavy (non-hydrogen) atoms. The molecule has 0 atom stereocenters. The van der Waals surface area contributed by atoms with E-state index in [4.69, 9.17) is 0 Å². The van der Waals surface area contributed by atoms with Crippen LogP contribution in [-0.2, 0) is 9.59 Å². The number of hydrogen-bond acceptors (Lipinski definition) is 2. The van der Waals surface area contributed by atoms with Crippen LogP contribution in [0, 0.1) is 5.92 Å². The minimum absolute atomic E-state index is 0.0382. The molecule has 0 amide bonds. The molecule has 0 aliphatic heterocycles. The first-order valence-electron chi connectivity index (χ1n) is 4.11. The molecule has 0 aliphatic carbocycles. The molecule has 0 spiro atoms. The Morgan fingerprint density at radius 1 is 1.17 bits per heavy atom. The molecule has 0 fully saturated rings. The minimum atomic E-state index is -0.429. The van der Waals surface area contributed by atoms with Crippen molar-refractivity contribution in [3.05, 3.63) is 11.6 Å². The van der Waals surface area contributed by atoms with Crippen LogP contribution >= 0.6 is 0 Å². The van der Waals surface area contributed by atoms with Gasteiger partial charge in [-0.25, -0.2) is 0 Å². The van der Waals surface area contributed by atoms with Crippen molar-refractivity contribution in [3.63, 3.8) is 0 Å². The number of rotatable bonds is 4. The third-order valence-electron chi connectivity index (χ3n) is 2.00. The van der Waals surface area contributed by atoms with Gasteiger partial charge in [0.25, 0.3) is 0 Å². The van der Waals surface area contributed by atoms with E-state index in [1.807, 2.05) is 19.9 Å². The highest BCUT2D eigenvalue weighted by Gasteiger charge is 2.18. The summed E-state index contributed by atoms with van der Waals surface area (Å²) >= 11 is 0. The molecule has 0 unspecified atom stereocenters. The van der Waals surface area contributed by atoms with Gasteiger partial charge in [-0.3, -0.25) is 9.59 Å². The number of ketones is 2. The Balaban J connectivity index is 4.35. The summed E-state index contributed by atoms with van der Waals surface area (Å²) in [4.78, 5) is 22.0. The smallest absolute Gasteiger partial charge is 0.140 e. The van der Waals surface area contributed by atoms with E-state index in [0.29, 0.717) is 6.42 Å². The van der Waals surface area contributed by atoms with Gasteiger partial charge < -0.3 is 0 Å². The van der Waals surface area contributed by atoms with Gasteiger partial charge in [0.05, 0.1) is 5.92 Å². The first-order chi connectivity index (χ1) is 5.49. The molecule has 0 saturated heterocycles. The average Bonchev–Trinajstić information content (AvgIpc) is 1.98. The van der Waals surface area contributed by atoms with Gasteiger partial charge in [0, 0.05) is 0 Å². The van der Waals surface area contributed by atoms with Crippen LogP contribution in [0.5, 0.6) is 0 Å². The molecule has 0 aromatic rings. The summed E-state index contributed by atoms with van der Waals surface area (Å²) in [5.41, 5.74) is 1.09. The number of carbonyl (C=O) groups is 2. The molecule has 2 heteroatoms. The second kappa shape index (κ2) is 4.86. The van der Waals surface area contributed by atoms with E-state index in [0.717, 1.165) is 5.57 Å². The first-order valence-corrected chi connectivity index (χ1v) is 4.11. The van der Waals surface area contributed by atoms with Crippen molar-refractivity contribution in [2.75, 3.05) is 0 Å². The SMILES string of the molecule is CC=C(C)CC(C(C)=O)C(C)=O. The zero-order valence-corrected chi connectivity index (χ0v) is 8.18. The second-order valence-electron chi connectivity index (χ2n) is 3.11. The molecule has 0 aromatic heterocycles. The average molecular weight is 168 g/mol. The fourth-order valence-electron chi connectivity index (χ4n) is 1.01.